The molecule has 1 unspecified atom stereocenters. The van der Waals surface area contributed by atoms with Crippen molar-refractivity contribution in [3.8, 4) is 0 Å². The standard InChI is InChI=1S/C15H18N2S/c1-17-15(11-3-7-13(16)8-4-11)12-5-9-14(18-2)10-6-12/h3-10,15,17H,16H2,1-2H3. The van der Waals surface area contributed by atoms with Crippen molar-refractivity contribution in [3.05, 3.63) is 59.7 Å². The number of rotatable bonds is 4. The third kappa shape index (κ3) is 2.86. The number of nitrogen functional groups attached to an aromatic ring is 1. The van der Waals surface area contributed by atoms with E-state index in [4.69, 9.17) is 5.73 Å². The van der Waals surface area contributed by atoms with Gasteiger partial charge < -0.3 is 11.1 Å². The molecule has 0 bridgehead atoms. The van der Waals surface area contributed by atoms with Gasteiger partial charge >= 0.3 is 0 Å². The summed E-state index contributed by atoms with van der Waals surface area (Å²) < 4.78 is 0. The van der Waals surface area contributed by atoms with Gasteiger partial charge in [-0.25, -0.2) is 0 Å². The topological polar surface area (TPSA) is 38.0 Å². The molecule has 0 spiro atoms. The number of nitrogens with two attached hydrogens (primary N) is 1. The Morgan fingerprint density at radius 2 is 1.44 bits per heavy atom. The summed E-state index contributed by atoms with van der Waals surface area (Å²) in [5.74, 6) is 0. The summed E-state index contributed by atoms with van der Waals surface area (Å²) in [6.07, 6.45) is 2.09. The Kier molecular flexibility index (Phi) is 4.28. The number of thioether (sulfide) groups is 1. The first kappa shape index (κ1) is 13.0. The van der Waals surface area contributed by atoms with Crippen LogP contribution >= 0.6 is 11.8 Å². The Balaban J connectivity index is 2.29. The molecule has 3 heteroatoms. The van der Waals surface area contributed by atoms with Gasteiger partial charge in [0.2, 0.25) is 0 Å². The Bertz CT molecular complexity index is 491. The molecule has 0 aliphatic carbocycles. The molecule has 0 saturated carbocycles. The molecule has 18 heavy (non-hydrogen) atoms. The van der Waals surface area contributed by atoms with Crippen LogP contribution in [0.1, 0.15) is 17.2 Å². The van der Waals surface area contributed by atoms with E-state index in [1.165, 1.54) is 16.0 Å². The number of benzene rings is 2. The Hall–Kier alpha value is -1.45. The molecule has 0 aliphatic heterocycles. The summed E-state index contributed by atoms with van der Waals surface area (Å²) in [5, 5.41) is 3.34. The average molecular weight is 258 g/mol. The van der Waals surface area contributed by atoms with Crippen molar-refractivity contribution in [2.75, 3.05) is 19.0 Å². The minimum Gasteiger partial charge on any atom is -0.399 e. The molecule has 0 amide bonds. The van der Waals surface area contributed by atoms with Crippen molar-refractivity contribution in [3.63, 3.8) is 0 Å². The van der Waals surface area contributed by atoms with Crippen LogP contribution in [0.3, 0.4) is 0 Å². The first-order chi connectivity index (χ1) is 8.74. The fraction of sp³-hybridized carbons (Fsp3) is 0.200. The molecule has 1 atom stereocenters. The quantitative estimate of drug-likeness (QED) is 0.653. The first-order valence-corrected chi connectivity index (χ1v) is 7.13. The molecule has 0 heterocycles. The highest BCUT2D eigenvalue weighted by molar-refractivity contribution is 7.98. The maximum absolute atomic E-state index is 5.72. The highest BCUT2D eigenvalue weighted by Gasteiger charge is 2.11. The molecular weight excluding hydrogens is 240 g/mol. The highest BCUT2D eigenvalue weighted by atomic mass is 32.2. The van der Waals surface area contributed by atoms with E-state index < -0.39 is 0 Å². The molecule has 0 aliphatic rings. The van der Waals surface area contributed by atoms with Gasteiger partial charge in [0.05, 0.1) is 6.04 Å². The number of anilines is 1. The van der Waals surface area contributed by atoms with Crippen LogP contribution in [0.2, 0.25) is 0 Å². The number of hydrogen-bond acceptors (Lipinski definition) is 3. The van der Waals surface area contributed by atoms with Crippen LogP contribution in [-0.4, -0.2) is 13.3 Å². The summed E-state index contributed by atoms with van der Waals surface area (Å²) in [7, 11) is 1.98. The molecule has 0 radical (unpaired) electrons. The van der Waals surface area contributed by atoms with E-state index in [0.29, 0.717) is 0 Å². The van der Waals surface area contributed by atoms with E-state index in [-0.39, 0.29) is 6.04 Å². The fourth-order valence-electron chi connectivity index (χ4n) is 2.01. The lowest BCUT2D eigenvalue weighted by molar-refractivity contribution is 0.691. The lowest BCUT2D eigenvalue weighted by Crippen LogP contribution is -2.17. The smallest absolute Gasteiger partial charge is 0.0574 e. The second kappa shape index (κ2) is 5.94. The van der Waals surface area contributed by atoms with Crippen LogP contribution < -0.4 is 11.1 Å². The third-order valence-corrected chi connectivity index (χ3v) is 3.75. The zero-order valence-electron chi connectivity index (χ0n) is 10.7. The maximum atomic E-state index is 5.72. The number of nitrogens with one attached hydrogen (secondary N) is 1. The predicted octanol–water partition coefficient (Wildman–Crippen LogP) is 3.30. The zero-order chi connectivity index (χ0) is 13.0. The van der Waals surface area contributed by atoms with Gasteiger partial charge in [-0.3, -0.25) is 0 Å². The molecule has 2 rings (SSSR count). The summed E-state index contributed by atoms with van der Waals surface area (Å²) in [5.41, 5.74) is 9.01. The largest absolute Gasteiger partial charge is 0.399 e. The second-order valence-electron chi connectivity index (χ2n) is 4.16. The van der Waals surface area contributed by atoms with Crippen molar-refractivity contribution in [1.82, 2.24) is 5.32 Å². The van der Waals surface area contributed by atoms with Gasteiger partial charge in [0.15, 0.2) is 0 Å². The summed E-state index contributed by atoms with van der Waals surface area (Å²) >= 11 is 1.76. The van der Waals surface area contributed by atoms with Crippen LogP contribution in [0.4, 0.5) is 5.69 Å². The molecule has 0 aromatic heterocycles. The molecule has 0 saturated heterocycles. The lowest BCUT2D eigenvalue weighted by Gasteiger charge is -2.17. The van der Waals surface area contributed by atoms with Gasteiger partial charge in [-0.2, -0.15) is 0 Å². The summed E-state index contributed by atoms with van der Waals surface area (Å²) in [4.78, 5) is 1.28. The van der Waals surface area contributed by atoms with Crippen LogP contribution in [-0.2, 0) is 0 Å². The van der Waals surface area contributed by atoms with E-state index in [1.807, 2.05) is 19.2 Å². The van der Waals surface area contributed by atoms with Gasteiger partial charge in [-0.15, -0.1) is 11.8 Å². The fourth-order valence-corrected chi connectivity index (χ4v) is 2.42. The van der Waals surface area contributed by atoms with Gasteiger partial charge in [0.25, 0.3) is 0 Å². The van der Waals surface area contributed by atoms with Crippen LogP contribution in [0.5, 0.6) is 0 Å². The van der Waals surface area contributed by atoms with E-state index in [9.17, 15) is 0 Å². The second-order valence-corrected chi connectivity index (χ2v) is 5.04. The molecule has 3 N–H and O–H groups in total. The average Bonchev–Trinajstić information content (AvgIpc) is 2.42. The van der Waals surface area contributed by atoms with Gasteiger partial charge in [0.1, 0.15) is 0 Å². The predicted molar refractivity (Wildman–Crippen MR) is 80.0 cm³/mol. The van der Waals surface area contributed by atoms with Crippen LogP contribution in [0, 0.1) is 0 Å². The van der Waals surface area contributed by atoms with Gasteiger partial charge in [0, 0.05) is 10.6 Å². The molecule has 0 fully saturated rings. The molecular formula is C15H18N2S. The molecule has 2 aromatic rings. The van der Waals surface area contributed by atoms with E-state index in [2.05, 4.69) is 48.0 Å². The normalized spacial score (nSPS) is 12.3. The van der Waals surface area contributed by atoms with Crippen molar-refractivity contribution < 1.29 is 0 Å². The van der Waals surface area contributed by atoms with Crippen molar-refractivity contribution in [2.24, 2.45) is 0 Å². The van der Waals surface area contributed by atoms with Crippen molar-refractivity contribution >= 4 is 17.4 Å². The third-order valence-electron chi connectivity index (χ3n) is 3.01. The summed E-state index contributed by atoms with van der Waals surface area (Å²) in [6.45, 7) is 0. The SMILES string of the molecule is CNC(c1ccc(N)cc1)c1ccc(SC)cc1. The molecule has 2 aromatic carbocycles. The van der Waals surface area contributed by atoms with Crippen LogP contribution in [0.15, 0.2) is 53.4 Å². The molecule has 94 valence electrons. The van der Waals surface area contributed by atoms with E-state index in [0.717, 1.165) is 5.69 Å². The van der Waals surface area contributed by atoms with Crippen LogP contribution in [0.25, 0.3) is 0 Å². The lowest BCUT2D eigenvalue weighted by atomic mass is 9.99. The maximum Gasteiger partial charge on any atom is 0.0574 e. The zero-order valence-corrected chi connectivity index (χ0v) is 11.5. The van der Waals surface area contributed by atoms with Crippen molar-refractivity contribution in [2.45, 2.75) is 10.9 Å². The Morgan fingerprint density at radius 1 is 0.944 bits per heavy atom. The minimum atomic E-state index is 0.210. The molecule has 2 nitrogen and oxygen atoms in total. The van der Waals surface area contributed by atoms with E-state index in [1.54, 1.807) is 11.8 Å². The monoisotopic (exact) mass is 258 g/mol. The van der Waals surface area contributed by atoms with Crippen molar-refractivity contribution in [1.29, 1.82) is 0 Å². The van der Waals surface area contributed by atoms with Gasteiger partial charge in [-0.05, 0) is 48.7 Å². The van der Waals surface area contributed by atoms with Gasteiger partial charge in [-0.1, -0.05) is 24.3 Å². The minimum absolute atomic E-state index is 0.210. The summed E-state index contributed by atoms with van der Waals surface area (Å²) in [6, 6.07) is 16.9. The van der Waals surface area contributed by atoms with E-state index >= 15 is 0 Å². The highest BCUT2D eigenvalue weighted by Crippen LogP contribution is 2.24. The Labute approximate surface area is 113 Å². The Morgan fingerprint density at radius 3 is 1.89 bits per heavy atom. The first-order valence-electron chi connectivity index (χ1n) is 5.91. The number of hydrogen-bond donors (Lipinski definition) is 2.